The highest BCUT2D eigenvalue weighted by Crippen LogP contribution is 2.18. The average molecular weight is 273 g/mol. The molecule has 2 N–H and O–H groups in total. The van der Waals surface area contributed by atoms with Crippen LogP contribution in [-0.4, -0.2) is 24.0 Å². The van der Waals surface area contributed by atoms with Crippen molar-refractivity contribution in [2.75, 3.05) is 18.0 Å². The quantitative estimate of drug-likeness (QED) is 0.908. The van der Waals surface area contributed by atoms with E-state index in [1.807, 2.05) is 30.3 Å². The molecule has 5 heteroatoms. The number of amides is 1. The number of pyridine rings is 1. The number of benzene rings is 1. The van der Waals surface area contributed by atoms with Crippen molar-refractivity contribution in [3.8, 4) is 0 Å². The second-order valence-corrected chi connectivity index (χ2v) is 4.29. The maximum atomic E-state index is 13.7. The van der Waals surface area contributed by atoms with Gasteiger partial charge in [0, 0.05) is 18.4 Å². The van der Waals surface area contributed by atoms with Crippen molar-refractivity contribution >= 4 is 11.6 Å². The van der Waals surface area contributed by atoms with Crippen molar-refractivity contribution in [3.05, 3.63) is 60.2 Å². The minimum absolute atomic E-state index is 0.0147. The molecule has 2 rings (SSSR count). The first kappa shape index (κ1) is 14.1. The van der Waals surface area contributed by atoms with Crippen LogP contribution in [0.15, 0.2) is 48.8 Å². The molecule has 0 aliphatic carbocycles. The van der Waals surface area contributed by atoms with Crippen LogP contribution >= 0.6 is 0 Å². The third kappa shape index (κ3) is 3.19. The summed E-state index contributed by atoms with van der Waals surface area (Å²) >= 11 is 0. The summed E-state index contributed by atoms with van der Waals surface area (Å²) in [7, 11) is 0. The summed E-state index contributed by atoms with van der Waals surface area (Å²) in [4.78, 5) is 17.7. The molecule has 0 fully saturated rings. The maximum absolute atomic E-state index is 13.7. The summed E-state index contributed by atoms with van der Waals surface area (Å²) in [5.41, 5.74) is 6.24. The minimum atomic E-state index is -0.619. The summed E-state index contributed by atoms with van der Waals surface area (Å²) < 4.78 is 13.7. The fourth-order valence-electron chi connectivity index (χ4n) is 1.90. The summed E-state index contributed by atoms with van der Waals surface area (Å²) in [5.74, 6) is -1.00. The van der Waals surface area contributed by atoms with E-state index in [1.165, 1.54) is 17.2 Å². The van der Waals surface area contributed by atoms with Crippen LogP contribution in [0.2, 0.25) is 0 Å². The zero-order valence-electron chi connectivity index (χ0n) is 11.0. The van der Waals surface area contributed by atoms with E-state index >= 15 is 0 Å². The summed E-state index contributed by atoms with van der Waals surface area (Å²) in [6.07, 6.45) is 3.09. The van der Waals surface area contributed by atoms with Gasteiger partial charge in [-0.25, -0.2) is 4.39 Å². The number of para-hydroxylation sites is 1. The first-order valence-electron chi connectivity index (χ1n) is 6.40. The van der Waals surface area contributed by atoms with Crippen molar-refractivity contribution in [1.82, 2.24) is 4.98 Å². The predicted octanol–water partition coefficient (Wildman–Crippen LogP) is 2.22. The van der Waals surface area contributed by atoms with Crippen molar-refractivity contribution in [2.45, 2.75) is 6.42 Å². The largest absolute Gasteiger partial charge is 0.330 e. The van der Waals surface area contributed by atoms with Crippen LogP contribution in [0.1, 0.15) is 16.8 Å². The zero-order valence-corrected chi connectivity index (χ0v) is 11.0. The van der Waals surface area contributed by atoms with E-state index in [0.29, 0.717) is 19.5 Å². The molecular formula is C15H16FN3O. The number of aromatic nitrogens is 1. The van der Waals surface area contributed by atoms with Gasteiger partial charge in [0.05, 0.1) is 11.8 Å². The van der Waals surface area contributed by atoms with Crippen LogP contribution in [0, 0.1) is 5.82 Å². The summed E-state index contributed by atoms with van der Waals surface area (Å²) in [6.45, 7) is 0.913. The number of nitrogens with zero attached hydrogens (tertiary/aromatic N) is 2. The monoisotopic (exact) mass is 273 g/mol. The van der Waals surface area contributed by atoms with Gasteiger partial charge in [-0.2, -0.15) is 0 Å². The van der Waals surface area contributed by atoms with E-state index in [9.17, 15) is 9.18 Å². The number of anilines is 1. The molecule has 0 spiro atoms. The second kappa shape index (κ2) is 6.77. The molecule has 0 bridgehead atoms. The number of rotatable bonds is 5. The zero-order chi connectivity index (χ0) is 14.4. The Morgan fingerprint density at radius 2 is 2.00 bits per heavy atom. The number of halogens is 1. The second-order valence-electron chi connectivity index (χ2n) is 4.29. The van der Waals surface area contributed by atoms with E-state index in [1.54, 1.807) is 0 Å². The molecule has 1 aromatic heterocycles. The number of carbonyl (C=O) groups is 1. The molecule has 0 aliphatic rings. The number of carbonyl (C=O) groups excluding carboxylic acids is 1. The van der Waals surface area contributed by atoms with Crippen LogP contribution in [0.3, 0.4) is 0 Å². The van der Waals surface area contributed by atoms with Crippen molar-refractivity contribution in [1.29, 1.82) is 0 Å². The first-order valence-corrected chi connectivity index (χ1v) is 6.40. The Hall–Kier alpha value is -2.27. The summed E-state index contributed by atoms with van der Waals surface area (Å²) in [6, 6.07) is 10.5. The molecule has 0 saturated carbocycles. The normalized spacial score (nSPS) is 10.3. The van der Waals surface area contributed by atoms with E-state index < -0.39 is 5.82 Å². The standard InChI is InChI=1S/C15H16FN3O/c16-14-11-18-9-7-13(14)15(20)19(10-4-8-17)12-5-2-1-3-6-12/h1-3,5-7,9,11H,4,8,10,17H2. The average Bonchev–Trinajstić information content (AvgIpc) is 2.49. The van der Waals surface area contributed by atoms with Gasteiger partial charge in [0.2, 0.25) is 0 Å². The molecule has 1 heterocycles. The Morgan fingerprint density at radius 1 is 1.25 bits per heavy atom. The van der Waals surface area contributed by atoms with Gasteiger partial charge in [-0.3, -0.25) is 9.78 Å². The van der Waals surface area contributed by atoms with Gasteiger partial charge in [0.1, 0.15) is 0 Å². The molecule has 1 aromatic carbocycles. The number of nitrogens with two attached hydrogens (primary N) is 1. The smallest absolute Gasteiger partial charge is 0.261 e. The lowest BCUT2D eigenvalue weighted by atomic mass is 10.2. The predicted molar refractivity (Wildman–Crippen MR) is 76.0 cm³/mol. The van der Waals surface area contributed by atoms with Crippen molar-refractivity contribution in [2.24, 2.45) is 5.73 Å². The molecule has 4 nitrogen and oxygen atoms in total. The molecule has 2 aromatic rings. The molecule has 20 heavy (non-hydrogen) atoms. The van der Waals surface area contributed by atoms with Gasteiger partial charge in [-0.05, 0) is 31.2 Å². The van der Waals surface area contributed by atoms with E-state index in [-0.39, 0.29) is 11.5 Å². The van der Waals surface area contributed by atoms with Crippen LogP contribution in [0.5, 0.6) is 0 Å². The van der Waals surface area contributed by atoms with Gasteiger partial charge < -0.3 is 10.6 Å². The highest BCUT2D eigenvalue weighted by Gasteiger charge is 2.20. The molecule has 0 radical (unpaired) electrons. The molecule has 0 aliphatic heterocycles. The topological polar surface area (TPSA) is 59.2 Å². The third-order valence-corrected chi connectivity index (χ3v) is 2.90. The maximum Gasteiger partial charge on any atom is 0.261 e. The van der Waals surface area contributed by atoms with Gasteiger partial charge in [0.25, 0.3) is 5.91 Å². The Bertz CT molecular complexity index is 574. The van der Waals surface area contributed by atoms with E-state index in [0.717, 1.165) is 11.9 Å². The van der Waals surface area contributed by atoms with E-state index in [4.69, 9.17) is 5.73 Å². The molecular weight excluding hydrogens is 257 g/mol. The van der Waals surface area contributed by atoms with Crippen molar-refractivity contribution < 1.29 is 9.18 Å². The lowest BCUT2D eigenvalue weighted by Crippen LogP contribution is -2.33. The molecule has 0 saturated heterocycles. The molecule has 0 unspecified atom stereocenters. The van der Waals surface area contributed by atoms with Crippen molar-refractivity contribution in [3.63, 3.8) is 0 Å². The lowest BCUT2D eigenvalue weighted by molar-refractivity contribution is 0.0982. The highest BCUT2D eigenvalue weighted by atomic mass is 19.1. The Kier molecular flexibility index (Phi) is 4.79. The van der Waals surface area contributed by atoms with Gasteiger partial charge >= 0.3 is 0 Å². The fourth-order valence-corrected chi connectivity index (χ4v) is 1.90. The van der Waals surface area contributed by atoms with Gasteiger partial charge in [-0.1, -0.05) is 18.2 Å². The lowest BCUT2D eigenvalue weighted by Gasteiger charge is -2.22. The Morgan fingerprint density at radius 3 is 2.65 bits per heavy atom. The fraction of sp³-hybridized carbons (Fsp3) is 0.200. The summed E-state index contributed by atoms with van der Waals surface area (Å²) in [5, 5.41) is 0. The Balaban J connectivity index is 2.32. The van der Waals surface area contributed by atoms with Crippen LogP contribution in [0.4, 0.5) is 10.1 Å². The van der Waals surface area contributed by atoms with Crippen LogP contribution < -0.4 is 10.6 Å². The number of hydrogen-bond donors (Lipinski definition) is 1. The van der Waals surface area contributed by atoms with Gasteiger partial charge in [0.15, 0.2) is 5.82 Å². The molecule has 104 valence electrons. The highest BCUT2D eigenvalue weighted by molar-refractivity contribution is 6.06. The van der Waals surface area contributed by atoms with Crippen LogP contribution in [-0.2, 0) is 0 Å². The number of hydrogen-bond acceptors (Lipinski definition) is 3. The van der Waals surface area contributed by atoms with E-state index in [2.05, 4.69) is 4.98 Å². The Labute approximate surface area is 117 Å². The third-order valence-electron chi connectivity index (χ3n) is 2.90. The van der Waals surface area contributed by atoms with Crippen LogP contribution in [0.25, 0.3) is 0 Å². The molecule has 1 amide bonds. The SMILES string of the molecule is NCCCN(C(=O)c1ccncc1F)c1ccccc1. The minimum Gasteiger partial charge on any atom is -0.330 e. The molecule has 0 atom stereocenters. The first-order chi connectivity index (χ1) is 9.74. The van der Waals surface area contributed by atoms with Gasteiger partial charge in [-0.15, -0.1) is 0 Å².